The predicted octanol–water partition coefficient (Wildman–Crippen LogP) is 3.67. The maximum Gasteiger partial charge on any atom is 0.303 e. The van der Waals surface area contributed by atoms with E-state index in [1.165, 1.54) is 30.3 Å². The van der Waals surface area contributed by atoms with E-state index in [9.17, 15) is 19.8 Å². The molecule has 27 heavy (non-hydrogen) atoms. The minimum Gasteiger partial charge on any atom is -0.508 e. The number of ketones is 1. The molecule has 0 spiro atoms. The number of phenols is 2. The maximum atomic E-state index is 12.7. The van der Waals surface area contributed by atoms with Crippen molar-refractivity contribution in [2.75, 3.05) is 0 Å². The molecule has 6 nitrogen and oxygen atoms in total. The zero-order chi connectivity index (χ0) is 19.4. The summed E-state index contributed by atoms with van der Waals surface area (Å²) in [5.74, 6) is -1.09. The summed E-state index contributed by atoms with van der Waals surface area (Å²) in [4.78, 5) is 23.5. The number of ether oxygens (including phenoxy) is 1. The summed E-state index contributed by atoms with van der Waals surface area (Å²) in [7, 11) is 0. The number of rotatable bonds is 7. The third-order valence-electron chi connectivity index (χ3n) is 4.77. The number of carbonyl (C=O) groups excluding carboxylic acids is 1. The predicted molar refractivity (Wildman–Crippen MR) is 98.5 cm³/mol. The van der Waals surface area contributed by atoms with E-state index in [2.05, 4.69) is 0 Å². The molecule has 1 saturated carbocycles. The van der Waals surface area contributed by atoms with Gasteiger partial charge in [0.05, 0.1) is 11.7 Å². The highest BCUT2D eigenvalue weighted by Gasteiger charge is 2.19. The Morgan fingerprint density at radius 1 is 1.00 bits per heavy atom. The van der Waals surface area contributed by atoms with Gasteiger partial charge in [-0.15, -0.1) is 0 Å². The van der Waals surface area contributed by atoms with Crippen molar-refractivity contribution in [1.82, 2.24) is 0 Å². The molecule has 1 fully saturated rings. The molecule has 0 saturated heterocycles. The van der Waals surface area contributed by atoms with Crippen LogP contribution >= 0.6 is 0 Å². The molecular weight excluding hydrogens is 348 g/mol. The number of carbonyl (C=O) groups is 2. The van der Waals surface area contributed by atoms with E-state index in [4.69, 9.17) is 9.84 Å². The third-order valence-corrected chi connectivity index (χ3v) is 4.77. The number of benzene rings is 2. The fourth-order valence-electron chi connectivity index (χ4n) is 3.30. The SMILES string of the molecule is O=C(O)CCc1cc(C(=O)c2ccc(OC3CCCC3)cc2O)ccc1O. The van der Waals surface area contributed by atoms with Crippen molar-refractivity contribution in [1.29, 1.82) is 0 Å². The lowest BCUT2D eigenvalue weighted by atomic mass is 9.98. The van der Waals surface area contributed by atoms with Crippen LogP contribution in [0.5, 0.6) is 17.2 Å². The first kappa shape index (κ1) is 18.8. The van der Waals surface area contributed by atoms with Crippen LogP contribution in [0.1, 0.15) is 53.6 Å². The summed E-state index contributed by atoms with van der Waals surface area (Å²) in [5, 5.41) is 28.9. The Labute approximate surface area is 157 Å². The van der Waals surface area contributed by atoms with Gasteiger partial charge < -0.3 is 20.1 Å². The van der Waals surface area contributed by atoms with Gasteiger partial charge >= 0.3 is 5.97 Å². The number of aliphatic carboxylic acids is 1. The molecule has 3 N–H and O–H groups in total. The topological polar surface area (TPSA) is 104 Å². The fourth-order valence-corrected chi connectivity index (χ4v) is 3.30. The molecule has 1 aliphatic carbocycles. The van der Waals surface area contributed by atoms with Crippen LogP contribution in [-0.2, 0) is 11.2 Å². The van der Waals surface area contributed by atoms with Gasteiger partial charge in [0.2, 0.25) is 0 Å². The second-order valence-electron chi connectivity index (χ2n) is 6.77. The van der Waals surface area contributed by atoms with Gasteiger partial charge in [-0.2, -0.15) is 0 Å². The van der Waals surface area contributed by atoms with Crippen LogP contribution in [0.25, 0.3) is 0 Å². The summed E-state index contributed by atoms with van der Waals surface area (Å²) < 4.78 is 5.83. The van der Waals surface area contributed by atoms with Crippen LogP contribution in [0.3, 0.4) is 0 Å². The summed E-state index contributed by atoms with van der Waals surface area (Å²) in [6.07, 6.45) is 4.38. The Hall–Kier alpha value is -3.02. The molecule has 0 aromatic heterocycles. The van der Waals surface area contributed by atoms with Crippen molar-refractivity contribution in [2.24, 2.45) is 0 Å². The van der Waals surface area contributed by atoms with Crippen LogP contribution in [0, 0.1) is 0 Å². The van der Waals surface area contributed by atoms with E-state index in [0.717, 1.165) is 25.7 Å². The summed E-state index contributed by atoms with van der Waals surface area (Å²) in [6.45, 7) is 0. The average Bonchev–Trinajstić information content (AvgIpc) is 3.13. The Morgan fingerprint density at radius 2 is 1.74 bits per heavy atom. The molecule has 0 amide bonds. The number of hydrogen-bond donors (Lipinski definition) is 3. The van der Waals surface area contributed by atoms with Crippen LogP contribution in [0.15, 0.2) is 36.4 Å². The van der Waals surface area contributed by atoms with Crippen LogP contribution in [-0.4, -0.2) is 33.2 Å². The molecule has 0 heterocycles. The molecule has 6 heteroatoms. The molecule has 142 valence electrons. The monoisotopic (exact) mass is 370 g/mol. The number of aryl methyl sites for hydroxylation is 1. The lowest BCUT2D eigenvalue weighted by Gasteiger charge is -2.14. The van der Waals surface area contributed by atoms with E-state index in [-0.39, 0.29) is 41.6 Å². The van der Waals surface area contributed by atoms with Gasteiger partial charge in [0, 0.05) is 18.1 Å². The normalized spacial score (nSPS) is 14.2. The first-order valence-electron chi connectivity index (χ1n) is 9.02. The number of hydrogen-bond acceptors (Lipinski definition) is 5. The van der Waals surface area contributed by atoms with E-state index in [1.807, 2.05) is 0 Å². The first-order valence-corrected chi connectivity index (χ1v) is 9.02. The van der Waals surface area contributed by atoms with Gasteiger partial charge in [-0.25, -0.2) is 0 Å². The largest absolute Gasteiger partial charge is 0.508 e. The van der Waals surface area contributed by atoms with Crippen molar-refractivity contribution < 1.29 is 29.6 Å². The molecule has 3 rings (SSSR count). The van der Waals surface area contributed by atoms with Gasteiger partial charge in [0.1, 0.15) is 17.2 Å². The average molecular weight is 370 g/mol. The number of aromatic hydroxyl groups is 2. The molecular formula is C21H22O6. The zero-order valence-corrected chi connectivity index (χ0v) is 14.9. The first-order chi connectivity index (χ1) is 12.9. The Morgan fingerprint density at radius 3 is 2.41 bits per heavy atom. The molecule has 2 aromatic rings. The third kappa shape index (κ3) is 4.58. The molecule has 0 aliphatic heterocycles. The highest BCUT2D eigenvalue weighted by molar-refractivity contribution is 6.10. The zero-order valence-electron chi connectivity index (χ0n) is 14.9. The quantitative estimate of drug-likeness (QED) is 0.643. The number of carboxylic acid groups (broad SMARTS) is 1. The highest BCUT2D eigenvalue weighted by atomic mass is 16.5. The van der Waals surface area contributed by atoms with Gasteiger partial charge in [0.25, 0.3) is 0 Å². The number of carboxylic acids is 1. The lowest BCUT2D eigenvalue weighted by molar-refractivity contribution is -0.136. The standard InChI is InChI=1S/C21H22O6/c22-18-9-5-14(11-13(18)6-10-20(24)25)21(26)17-8-7-16(12-19(17)23)27-15-3-1-2-4-15/h5,7-9,11-12,15,22-23H,1-4,6,10H2,(H,24,25). The van der Waals surface area contributed by atoms with Crippen LogP contribution in [0.2, 0.25) is 0 Å². The van der Waals surface area contributed by atoms with Gasteiger partial charge in [-0.3, -0.25) is 9.59 Å². The van der Waals surface area contributed by atoms with Gasteiger partial charge in [-0.1, -0.05) is 0 Å². The van der Waals surface area contributed by atoms with E-state index in [1.54, 1.807) is 6.07 Å². The summed E-state index contributed by atoms with van der Waals surface area (Å²) >= 11 is 0. The smallest absolute Gasteiger partial charge is 0.303 e. The van der Waals surface area contributed by atoms with Crippen LogP contribution in [0.4, 0.5) is 0 Å². The van der Waals surface area contributed by atoms with Crippen molar-refractivity contribution >= 4 is 11.8 Å². The Balaban J connectivity index is 1.78. The molecule has 0 unspecified atom stereocenters. The Kier molecular flexibility index (Phi) is 5.64. The summed E-state index contributed by atoms with van der Waals surface area (Å²) in [5.41, 5.74) is 0.778. The van der Waals surface area contributed by atoms with Gasteiger partial charge in [0.15, 0.2) is 5.78 Å². The minimum absolute atomic E-state index is 0.0580. The molecule has 0 atom stereocenters. The van der Waals surface area contributed by atoms with Crippen molar-refractivity contribution in [3.05, 3.63) is 53.1 Å². The van der Waals surface area contributed by atoms with Gasteiger partial charge in [-0.05, 0) is 68.0 Å². The Bertz CT molecular complexity index is 852. The van der Waals surface area contributed by atoms with E-state index in [0.29, 0.717) is 11.3 Å². The molecule has 2 aromatic carbocycles. The fraction of sp³-hybridized carbons (Fsp3) is 0.333. The number of phenolic OH excluding ortho intramolecular Hbond substituents is 2. The second kappa shape index (κ2) is 8.12. The highest BCUT2D eigenvalue weighted by Crippen LogP contribution is 2.30. The van der Waals surface area contributed by atoms with Crippen molar-refractivity contribution in [2.45, 2.75) is 44.6 Å². The summed E-state index contributed by atoms with van der Waals surface area (Å²) in [6, 6.07) is 8.90. The van der Waals surface area contributed by atoms with Crippen molar-refractivity contribution in [3.8, 4) is 17.2 Å². The molecule has 0 bridgehead atoms. The van der Waals surface area contributed by atoms with E-state index < -0.39 is 11.8 Å². The van der Waals surface area contributed by atoms with Crippen LogP contribution < -0.4 is 4.74 Å². The molecule has 1 aliphatic rings. The lowest BCUT2D eigenvalue weighted by Crippen LogP contribution is -2.11. The molecule has 0 radical (unpaired) electrons. The van der Waals surface area contributed by atoms with Crippen molar-refractivity contribution in [3.63, 3.8) is 0 Å². The minimum atomic E-state index is -0.985. The maximum absolute atomic E-state index is 12.7. The van der Waals surface area contributed by atoms with E-state index >= 15 is 0 Å². The second-order valence-corrected chi connectivity index (χ2v) is 6.77.